The lowest BCUT2D eigenvalue weighted by atomic mass is 9.90. The molecule has 1 saturated heterocycles. The molecule has 1 aliphatic heterocycles. The lowest BCUT2D eigenvalue weighted by Crippen LogP contribution is -2.33. The van der Waals surface area contributed by atoms with E-state index in [4.69, 9.17) is 0 Å². The summed E-state index contributed by atoms with van der Waals surface area (Å²) in [5, 5.41) is 0.995. The fraction of sp³-hybridized carbons (Fsp3) is 1.00. The molecule has 2 fully saturated rings. The zero-order valence-corrected chi connectivity index (χ0v) is 9.64. The van der Waals surface area contributed by atoms with Crippen LogP contribution in [0.25, 0.3) is 0 Å². The Bertz CT molecular complexity index is 165. The molecule has 0 radical (unpaired) electrons. The van der Waals surface area contributed by atoms with Crippen LogP contribution in [0.2, 0.25) is 0 Å². The second-order valence-electron chi connectivity index (χ2n) is 4.41. The lowest BCUT2D eigenvalue weighted by Gasteiger charge is -2.42. The van der Waals surface area contributed by atoms with Crippen LogP contribution in [0.4, 0.5) is 0 Å². The predicted molar refractivity (Wildman–Crippen MR) is 59.9 cm³/mol. The monoisotopic (exact) mass is 202 g/mol. The Labute approximate surface area is 84.3 Å². The Kier molecular flexibility index (Phi) is 2.66. The molecule has 0 nitrogen and oxygen atoms in total. The molecule has 0 aromatic heterocycles. The molecular weight excluding hydrogens is 184 g/mol. The van der Waals surface area contributed by atoms with Gasteiger partial charge in [-0.1, -0.05) is 12.8 Å². The van der Waals surface area contributed by atoms with Gasteiger partial charge in [-0.15, -0.1) is 23.5 Å². The molecule has 12 heavy (non-hydrogen) atoms. The fourth-order valence-corrected chi connectivity index (χ4v) is 5.65. The van der Waals surface area contributed by atoms with Crippen molar-refractivity contribution in [2.45, 2.75) is 48.9 Å². The molecule has 2 atom stereocenters. The van der Waals surface area contributed by atoms with Crippen molar-refractivity contribution < 1.29 is 0 Å². The number of thioether (sulfide) groups is 2. The minimum Gasteiger partial charge on any atom is -0.144 e. The zero-order chi connectivity index (χ0) is 8.60. The summed E-state index contributed by atoms with van der Waals surface area (Å²) in [5.41, 5.74) is 0. The summed E-state index contributed by atoms with van der Waals surface area (Å²) in [7, 11) is 0. The first-order valence-electron chi connectivity index (χ1n) is 4.99. The molecule has 0 spiro atoms. The van der Waals surface area contributed by atoms with Gasteiger partial charge in [-0.3, -0.25) is 0 Å². The highest BCUT2D eigenvalue weighted by molar-refractivity contribution is 8.19. The molecule has 1 heterocycles. The molecule has 2 heteroatoms. The zero-order valence-electron chi connectivity index (χ0n) is 8.01. The van der Waals surface area contributed by atoms with E-state index in [0.717, 1.165) is 11.2 Å². The molecular formula is C10H18S2. The maximum Gasteiger partial charge on any atom is 0.0558 e. The van der Waals surface area contributed by atoms with E-state index in [9.17, 15) is 0 Å². The number of hydrogen-bond acceptors (Lipinski definition) is 2. The second kappa shape index (κ2) is 3.45. The van der Waals surface area contributed by atoms with Gasteiger partial charge in [0.25, 0.3) is 0 Å². The Balaban J connectivity index is 1.99. The van der Waals surface area contributed by atoms with E-state index in [0.29, 0.717) is 4.08 Å². The quantitative estimate of drug-likeness (QED) is 0.586. The van der Waals surface area contributed by atoms with Crippen molar-refractivity contribution in [2.24, 2.45) is 5.92 Å². The van der Waals surface area contributed by atoms with E-state index in [1.165, 1.54) is 31.4 Å². The molecule has 0 unspecified atom stereocenters. The largest absolute Gasteiger partial charge is 0.144 e. The van der Waals surface area contributed by atoms with E-state index in [-0.39, 0.29) is 0 Å². The van der Waals surface area contributed by atoms with Crippen molar-refractivity contribution >= 4 is 23.5 Å². The van der Waals surface area contributed by atoms with Gasteiger partial charge in [0.1, 0.15) is 0 Å². The number of hydrogen-bond donors (Lipinski definition) is 0. The number of fused-ring (bicyclic) bond motifs is 1. The van der Waals surface area contributed by atoms with E-state index in [1.807, 2.05) is 0 Å². The minimum absolute atomic E-state index is 0.499. The van der Waals surface area contributed by atoms with Crippen molar-refractivity contribution in [3.8, 4) is 0 Å². The lowest BCUT2D eigenvalue weighted by molar-refractivity contribution is 0.399. The normalized spacial score (nSPS) is 40.5. The van der Waals surface area contributed by atoms with Crippen LogP contribution >= 0.6 is 23.5 Å². The highest BCUT2D eigenvalue weighted by Gasteiger charge is 2.36. The molecule has 1 saturated carbocycles. The predicted octanol–water partition coefficient (Wildman–Crippen LogP) is 3.76. The minimum atomic E-state index is 0.499. The molecule has 0 aromatic carbocycles. The first-order chi connectivity index (χ1) is 5.67. The molecule has 0 bridgehead atoms. The summed E-state index contributed by atoms with van der Waals surface area (Å²) in [6.07, 6.45) is 5.96. The summed E-state index contributed by atoms with van der Waals surface area (Å²) in [4.78, 5) is 0. The van der Waals surface area contributed by atoms with Crippen molar-refractivity contribution in [1.29, 1.82) is 0 Å². The maximum absolute atomic E-state index is 2.38. The molecule has 1 aliphatic carbocycles. The average Bonchev–Trinajstić information content (AvgIpc) is 2.02. The van der Waals surface area contributed by atoms with E-state index >= 15 is 0 Å². The van der Waals surface area contributed by atoms with E-state index in [1.54, 1.807) is 0 Å². The Morgan fingerprint density at radius 1 is 1.17 bits per heavy atom. The van der Waals surface area contributed by atoms with Gasteiger partial charge in [-0.25, -0.2) is 0 Å². The first kappa shape index (κ1) is 9.26. The molecule has 2 rings (SSSR count). The third kappa shape index (κ3) is 1.95. The second-order valence-corrected chi connectivity index (χ2v) is 8.17. The molecule has 0 aromatic rings. The highest BCUT2D eigenvalue weighted by atomic mass is 32.2. The smallest absolute Gasteiger partial charge is 0.0558 e. The molecule has 0 N–H and O–H groups in total. The summed E-state index contributed by atoms with van der Waals surface area (Å²) >= 11 is 4.40. The molecule has 0 amide bonds. The van der Waals surface area contributed by atoms with Crippen LogP contribution in [0.15, 0.2) is 0 Å². The Morgan fingerprint density at radius 3 is 2.75 bits per heavy atom. The summed E-state index contributed by atoms with van der Waals surface area (Å²) in [6, 6.07) is 0. The highest BCUT2D eigenvalue weighted by Crippen LogP contribution is 2.51. The van der Waals surface area contributed by atoms with E-state index in [2.05, 4.69) is 37.4 Å². The van der Waals surface area contributed by atoms with Crippen molar-refractivity contribution in [3.63, 3.8) is 0 Å². The van der Waals surface area contributed by atoms with Gasteiger partial charge in [0.15, 0.2) is 0 Å². The van der Waals surface area contributed by atoms with Gasteiger partial charge in [0, 0.05) is 5.25 Å². The SMILES string of the molecule is CC1(C)SC[C@@H]2CCCC[C@@H]2S1. The van der Waals surface area contributed by atoms with Crippen LogP contribution in [0, 0.1) is 5.92 Å². The van der Waals surface area contributed by atoms with Gasteiger partial charge in [0.2, 0.25) is 0 Å². The van der Waals surface area contributed by atoms with Crippen LogP contribution in [-0.2, 0) is 0 Å². The average molecular weight is 202 g/mol. The van der Waals surface area contributed by atoms with Gasteiger partial charge in [-0.2, -0.15) is 0 Å². The number of rotatable bonds is 0. The molecule has 2 aliphatic rings. The summed E-state index contributed by atoms with van der Waals surface area (Å²) in [5.74, 6) is 2.46. The first-order valence-corrected chi connectivity index (χ1v) is 6.86. The fourth-order valence-electron chi connectivity index (χ4n) is 2.23. The van der Waals surface area contributed by atoms with Crippen LogP contribution < -0.4 is 0 Å². The molecule has 70 valence electrons. The van der Waals surface area contributed by atoms with Crippen molar-refractivity contribution in [1.82, 2.24) is 0 Å². The van der Waals surface area contributed by atoms with Crippen LogP contribution in [0.3, 0.4) is 0 Å². The maximum atomic E-state index is 2.38. The Morgan fingerprint density at radius 2 is 1.92 bits per heavy atom. The van der Waals surface area contributed by atoms with Gasteiger partial charge >= 0.3 is 0 Å². The third-order valence-corrected chi connectivity index (χ3v) is 6.34. The summed E-state index contributed by atoms with van der Waals surface area (Å²) in [6.45, 7) is 4.76. The van der Waals surface area contributed by atoms with Crippen LogP contribution in [-0.4, -0.2) is 15.1 Å². The van der Waals surface area contributed by atoms with Crippen molar-refractivity contribution in [3.05, 3.63) is 0 Å². The Hall–Kier alpha value is 0.700. The summed E-state index contributed by atoms with van der Waals surface area (Å²) < 4.78 is 0.499. The van der Waals surface area contributed by atoms with Crippen LogP contribution in [0.1, 0.15) is 39.5 Å². The van der Waals surface area contributed by atoms with Gasteiger partial charge in [0.05, 0.1) is 4.08 Å². The van der Waals surface area contributed by atoms with Gasteiger partial charge < -0.3 is 0 Å². The van der Waals surface area contributed by atoms with Crippen LogP contribution in [0.5, 0.6) is 0 Å². The third-order valence-electron chi connectivity index (χ3n) is 2.92. The van der Waals surface area contributed by atoms with Gasteiger partial charge in [-0.05, 0) is 38.4 Å². The topological polar surface area (TPSA) is 0 Å². The standard InChI is InChI=1S/C10H18S2/c1-10(2)11-7-8-5-3-4-6-9(8)12-10/h8-9H,3-7H2,1-2H3/t8-,9-/m0/s1. The van der Waals surface area contributed by atoms with E-state index < -0.39 is 0 Å². The van der Waals surface area contributed by atoms with Crippen molar-refractivity contribution in [2.75, 3.05) is 5.75 Å².